The largest absolute Gasteiger partial charge is 0.365 e. The monoisotopic (exact) mass is 207 g/mol. The van der Waals surface area contributed by atoms with E-state index in [0.29, 0.717) is 0 Å². The molecule has 0 aliphatic heterocycles. The number of carbonyl (C=O) groups is 1. The fourth-order valence-corrected chi connectivity index (χ4v) is 1.06. The first-order valence-corrected chi connectivity index (χ1v) is 3.70. The van der Waals surface area contributed by atoms with Crippen LogP contribution in [0.15, 0.2) is 23.3 Å². The van der Waals surface area contributed by atoms with Crippen LogP contribution in [0.3, 0.4) is 0 Å². The van der Waals surface area contributed by atoms with Gasteiger partial charge >= 0.3 is 0 Å². The maximum atomic E-state index is 11.0. The highest BCUT2D eigenvalue weighted by atomic mass is 16.6. The lowest BCUT2D eigenvalue weighted by atomic mass is 10.1. The number of carbonyl (C=O) groups excluding carboxylic acids is 1. The van der Waals surface area contributed by atoms with Crippen molar-refractivity contribution in [3.05, 3.63) is 44.3 Å². The molecule has 1 amide bonds. The Kier molecular flexibility index (Phi) is 2.85. The second-order valence-electron chi connectivity index (χ2n) is 2.48. The van der Waals surface area contributed by atoms with Gasteiger partial charge in [-0.1, -0.05) is 17.2 Å². The van der Waals surface area contributed by atoms with Crippen molar-refractivity contribution in [2.45, 2.75) is 0 Å². The molecular weight excluding hydrogens is 202 g/mol. The number of azide groups is 1. The zero-order valence-electron chi connectivity index (χ0n) is 7.32. The van der Waals surface area contributed by atoms with Crippen LogP contribution < -0.4 is 5.73 Å². The van der Waals surface area contributed by atoms with Gasteiger partial charge in [0.15, 0.2) is 0 Å². The van der Waals surface area contributed by atoms with Gasteiger partial charge in [0, 0.05) is 11.0 Å². The lowest BCUT2D eigenvalue weighted by Gasteiger charge is -2.01. The normalized spacial score (nSPS) is 9.07. The van der Waals surface area contributed by atoms with E-state index in [1.54, 1.807) is 0 Å². The van der Waals surface area contributed by atoms with E-state index in [-0.39, 0.29) is 11.3 Å². The molecule has 8 nitrogen and oxygen atoms in total. The minimum Gasteiger partial charge on any atom is -0.365 e. The van der Waals surface area contributed by atoms with Gasteiger partial charge in [0.2, 0.25) is 0 Å². The molecule has 0 aliphatic carbocycles. The van der Waals surface area contributed by atoms with Gasteiger partial charge in [-0.3, -0.25) is 14.9 Å². The Labute approximate surface area is 83.1 Å². The molecule has 0 atom stereocenters. The molecule has 0 saturated heterocycles. The Morgan fingerprint density at radius 2 is 2.27 bits per heavy atom. The molecule has 76 valence electrons. The van der Waals surface area contributed by atoms with Gasteiger partial charge in [-0.25, -0.2) is 0 Å². The van der Waals surface area contributed by atoms with Gasteiger partial charge < -0.3 is 5.73 Å². The summed E-state index contributed by atoms with van der Waals surface area (Å²) >= 11 is 0. The first kappa shape index (κ1) is 10.5. The van der Waals surface area contributed by atoms with E-state index in [9.17, 15) is 14.9 Å². The lowest BCUT2D eigenvalue weighted by Crippen LogP contribution is -2.13. The molecule has 0 bridgehead atoms. The third kappa shape index (κ3) is 2.01. The summed E-state index contributed by atoms with van der Waals surface area (Å²) in [4.78, 5) is 23.2. The van der Waals surface area contributed by atoms with E-state index in [4.69, 9.17) is 11.3 Å². The number of hydrogen-bond donors (Lipinski definition) is 1. The fraction of sp³-hybridized carbons (Fsp3) is 0. The van der Waals surface area contributed by atoms with Crippen molar-refractivity contribution in [1.82, 2.24) is 0 Å². The first-order valence-electron chi connectivity index (χ1n) is 3.70. The molecule has 8 heteroatoms. The van der Waals surface area contributed by atoms with Crippen LogP contribution in [-0.4, -0.2) is 10.8 Å². The van der Waals surface area contributed by atoms with Crippen LogP contribution in [0.1, 0.15) is 10.4 Å². The van der Waals surface area contributed by atoms with E-state index < -0.39 is 16.5 Å². The number of rotatable bonds is 3. The molecular formula is C7H5N5O3. The topological polar surface area (TPSA) is 135 Å². The van der Waals surface area contributed by atoms with E-state index in [1.165, 1.54) is 12.1 Å². The molecule has 0 radical (unpaired) electrons. The number of primary amides is 1. The van der Waals surface area contributed by atoms with Gasteiger partial charge in [-0.2, -0.15) is 0 Å². The van der Waals surface area contributed by atoms with Crippen LogP contribution in [0.25, 0.3) is 10.4 Å². The summed E-state index contributed by atoms with van der Waals surface area (Å²) in [6, 6.07) is 3.68. The molecule has 0 aromatic heterocycles. The van der Waals surface area contributed by atoms with Crippen LogP contribution in [-0.2, 0) is 0 Å². The van der Waals surface area contributed by atoms with Crippen LogP contribution in [0.5, 0.6) is 0 Å². The van der Waals surface area contributed by atoms with E-state index in [2.05, 4.69) is 10.0 Å². The summed E-state index contributed by atoms with van der Waals surface area (Å²) in [5.41, 5.74) is 12.1. The second kappa shape index (κ2) is 4.07. The number of nitro groups is 1. The first-order chi connectivity index (χ1) is 7.07. The Morgan fingerprint density at radius 1 is 1.60 bits per heavy atom. The Morgan fingerprint density at radius 3 is 2.73 bits per heavy atom. The van der Waals surface area contributed by atoms with Crippen molar-refractivity contribution >= 4 is 17.3 Å². The van der Waals surface area contributed by atoms with Crippen molar-refractivity contribution in [2.24, 2.45) is 10.8 Å². The average Bonchev–Trinajstić information content (AvgIpc) is 2.17. The van der Waals surface area contributed by atoms with Crippen LogP contribution in [0, 0.1) is 10.1 Å². The number of nitro benzene ring substituents is 1. The van der Waals surface area contributed by atoms with Crippen LogP contribution in [0.2, 0.25) is 0 Å². The molecule has 0 saturated carbocycles. The minimum atomic E-state index is -1.01. The zero-order chi connectivity index (χ0) is 11.4. The Bertz CT molecular complexity index is 457. The SMILES string of the molecule is [N-]=[N+]=Nc1cccc([N+](=O)[O-])c1C(N)=O. The maximum Gasteiger partial charge on any atom is 0.282 e. The van der Waals surface area contributed by atoms with Gasteiger partial charge in [-0.15, -0.1) is 0 Å². The quantitative estimate of drug-likeness (QED) is 0.265. The number of hydrogen-bond acceptors (Lipinski definition) is 4. The summed E-state index contributed by atoms with van der Waals surface area (Å²) in [5, 5.41) is 13.7. The average molecular weight is 207 g/mol. The maximum absolute atomic E-state index is 11.0. The summed E-state index contributed by atoms with van der Waals surface area (Å²) in [5.74, 6) is -1.01. The number of nitrogens with two attached hydrogens (primary N) is 1. The molecule has 0 unspecified atom stereocenters. The van der Waals surface area contributed by atoms with Gasteiger partial charge in [0.25, 0.3) is 11.6 Å². The number of amides is 1. The van der Waals surface area contributed by atoms with Crippen LogP contribution in [0.4, 0.5) is 11.4 Å². The zero-order valence-corrected chi connectivity index (χ0v) is 7.32. The summed E-state index contributed by atoms with van der Waals surface area (Å²) < 4.78 is 0. The lowest BCUT2D eigenvalue weighted by molar-refractivity contribution is -0.385. The smallest absolute Gasteiger partial charge is 0.282 e. The minimum absolute atomic E-state index is 0.154. The highest BCUT2D eigenvalue weighted by molar-refractivity contribution is 6.01. The molecule has 0 spiro atoms. The van der Waals surface area contributed by atoms with Crippen molar-refractivity contribution < 1.29 is 9.72 Å². The number of benzene rings is 1. The highest BCUT2D eigenvalue weighted by Gasteiger charge is 2.20. The fourth-order valence-electron chi connectivity index (χ4n) is 1.06. The Hall–Kier alpha value is -2.60. The van der Waals surface area contributed by atoms with E-state index in [0.717, 1.165) is 6.07 Å². The van der Waals surface area contributed by atoms with Gasteiger partial charge in [-0.05, 0) is 5.53 Å². The van der Waals surface area contributed by atoms with E-state index >= 15 is 0 Å². The summed E-state index contributed by atoms with van der Waals surface area (Å²) in [6.45, 7) is 0. The van der Waals surface area contributed by atoms with E-state index in [1.807, 2.05) is 0 Å². The summed E-state index contributed by atoms with van der Waals surface area (Å²) in [6.07, 6.45) is 0. The van der Waals surface area contributed by atoms with Crippen LogP contribution >= 0.6 is 0 Å². The molecule has 1 aromatic carbocycles. The van der Waals surface area contributed by atoms with Crippen molar-refractivity contribution in [1.29, 1.82) is 0 Å². The van der Waals surface area contributed by atoms with Crippen molar-refractivity contribution in [3.63, 3.8) is 0 Å². The van der Waals surface area contributed by atoms with Crippen molar-refractivity contribution in [2.75, 3.05) is 0 Å². The molecule has 1 aromatic rings. The molecule has 1 rings (SSSR count). The molecule has 0 heterocycles. The number of nitrogens with zero attached hydrogens (tertiary/aromatic N) is 4. The van der Waals surface area contributed by atoms with Crippen molar-refractivity contribution in [3.8, 4) is 0 Å². The second-order valence-corrected chi connectivity index (χ2v) is 2.48. The third-order valence-electron chi connectivity index (χ3n) is 1.62. The van der Waals surface area contributed by atoms with Gasteiger partial charge in [0.05, 0.1) is 10.6 Å². The predicted octanol–water partition coefficient (Wildman–Crippen LogP) is 1.64. The summed E-state index contributed by atoms with van der Waals surface area (Å²) in [7, 11) is 0. The Balaban J connectivity index is 3.55. The predicted molar refractivity (Wildman–Crippen MR) is 50.4 cm³/mol. The van der Waals surface area contributed by atoms with Gasteiger partial charge in [0.1, 0.15) is 5.56 Å². The third-order valence-corrected chi connectivity index (χ3v) is 1.62. The molecule has 15 heavy (non-hydrogen) atoms. The molecule has 0 aliphatic rings. The molecule has 2 N–H and O–H groups in total. The highest BCUT2D eigenvalue weighted by Crippen LogP contribution is 2.27. The standard InChI is InChI=1S/C7H5N5O3/c8-7(13)6-4(10-11-9)2-1-3-5(6)12(14)15/h1-3H,(H2,8,13). The molecule has 0 fully saturated rings.